The molecular formula is C18H16ClN5O2. The van der Waals surface area contributed by atoms with Gasteiger partial charge in [-0.25, -0.2) is 4.79 Å². The van der Waals surface area contributed by atoms with Crippen molar-refractivity contribution in [3.8, 4) is 0 Å². The monoisotopic (exact) mass is 369 g/mol. The molecule has 0 spiro atoms. The fourth-order valence-electron chi connectivity index (χ4n) is 2.24. The number of ether oxygens (including phenoxy) is 1. The highest BCUT2D eigenvalue weighted by Gasteiger charge is 2.12. The molecule has 0 fully saturated rings. The van der Waals surface area contributed by atoms with Crippen molar-refractivity contribution in [3.63, 3.8) is 0 Å². The number of carbonyl (C=O) groups excluding carboxylic acids is 1. The van der Waals surface area contributed by atoms with Gasteiger partial charge in [0.1, 0.15) is 0 Å². The van der Waals surface area contributed by atoms with Gasteiger partial charge in [0.2, 0.25) is 5.95 Å². The molecule has 3 rings (SSSR count). The number of benzene rings is 2. The molecule has 8 heteroatoms. The van der Waals surface area contributed by atoms with Gasteiger partial charge in [0.15, 0.2) is 5.82 Å². The second kappa shape index (κ2) is 7.79. The fraction of sp³-hybridized carbons (Fsp3) is 0.111. The van der Waals surface area contributed by atoms with Crippen LogP contribution in [-0.2, 0) is 4.74 Å². The average Bonchev–Trinajstić information content (AvgIpc) is 2.65. The molecule has 0 saturated heterocycles. The molecule has 0 aliphatic carbocycles. The lowest BCUT2D eigenvalue weighted by atomic mass is 10.2. The van der Waals surface area contributed by atoms with E-state index in [1.807, 2.05) is 19.1 Å². The second-order valence-corrected chi connectivity index (χ2v) is 5.82. The van der Waals surface area contributed by atoms with Gasteiger partial charge < -0.3 is 15.4 Å². The second-order valence-electron chi connectivity index (χ2n) is 5.42. The Balaban J connectivity index is 1.82. The number of nitrogens with zero attached hydrogens (tertiary/aromatic N) is 3. The zero-order valence-electron chi connectivity index (χ0n) is 14.2. The summed E-state index contributed by atoms with van der Waals surface area (Å²) in [6.45, 7) is 1.93. The first-order valence-electron chi connectivity index (χ1n) is 7.74. The van der Waals surface area contributed by atoms with E-state index < -0.39 is 5.97 Å². The number of anilines is 4. The third-order valence-corrected chi connectivity index (χ3v) is 3.99. The highest BCUT2D eigenvalue weighted by atomic mass is 35.5. The van der Waals surface area contributed by atoms with Gasteiger partial charge in [-0.15, -0.1) is 5.10 Å². The van der Waals surface area contributed by atoms with Crippen LogP contribution in [0.3, 0.4) is 0 Å². The number of hydrogen-bond acceptors (Lipinski definition) is 7. The molecule has 7 nitrogen and oxygen atoms in total. The maximum atomic E-state index is 11.8. The standard InChI is InChI=1S/C18H16ClN5O2/c1-11-7-8-12(9-14(11)19)21-16-10-20-24-18(23-16)22-15-6-4-3-5-13(15)17(25)26-2/h3-10H,1-2H3,(H2,21,22,23,24). The number of rotatable bonds is 5. The largest absolute Gasteiger partial charge is 0.465 e. The van der Waals surface area contributed by atoms with E-state index >= 15 is 0 Å². The molecule has 0 radical (unpaired) electrons. The molecule has 132 valence electrons. The summed E-state index contributed by atoms with van der Waals surface area (Å²) in [5, 5.41) is 14.6. The topological polar surface area (TPSA) is 89.0 Å². The number of methoxy groups -OCH3 is 1. The normalized spacial score (nSPS) is 10.3. The third-order valence-electron chi connectivity index (χ3n) is 3.58. The maximum Gasteiger partial charge on any atom is 0.339 e. The van der Waals surface area contributed by atoms with Gasteiger partial charge in [-0.1, -0.05) is 29.8 Å². The van der Waals surface area contributed by atoms with Crippen molar-refractivity contribution in [2.45, 2.75) is 6.92 Å². The van der Waals surface area contributed by atoms with Crippen molar-refractivity contribution in [2.75, 3.05) is 17.7 Å². The van der Waals surface area contributed by atoms with Crippen LogP contribution in [-0.4, -0.2) is 28.3 Å². The zero-order valence-corrected chi connectivity index (χ0v) is 14.9. The van der Waals surface area contributed by atoms with Crippen LogP contribution in [0.1, 0.15) is 15.9 Å². The molecule has 0 amide bonds. The van der Waals surface area contributed by atoms with Crippen molar-refractivity contribution >= 4 is 40.7 Å². The number of hydrogen-bond donors (Lipinski definition) is 2. The van der Waals surface area contributed by atoms with Gasteiger partial charge in [0.05, 0.1) is 24.6 Å². The van der Waals surface area contributed by atoms with Crippen molar-refractivity contribution in [1.82, 2.24) is 15.2 Å². The minimum atomic E-state index is -0.454. The molecule has 26 heavy (non-hydrogen) atoms. The van der Waals surface area contributed by atoms with Crippen LogP contribution in [0.4, 0.5) is 23.1 Å². The Hall–Kier alpha value is -3.19. The summed E-state index contributed by atoms with van der Waals surface area (Å²) < 4.78 is 4.78. The number of halogens is 1. The lowest BCUT2D eigenvalue weighted by Crippen LogP contribution is -2.08. The number of esters is 1. The van der Waals surface area contributed by atoms with Gasteiger partial charge in [0.25, 0.3) is 0 Å². The minimum absolute atomic E-state index is 0.240. The average molecular weight is 370 g/mol. The summed E-state index contributed by atoms with van der Waals surface area (Å²) in [7, 11) is 1.33. The molecule has 2 N–H and O–H groups in total. The van der Waals surface area contributed by atoms with Crippen molar-refractivity contribution in [1.29, 1.82) is 0 Å². The lowest BCUT2D eigenvalue weighted by Gasteiger charge is -2.10. The maximum absolute atomic E-state index is 11.8. The molecule has 0 aliphatic heterocycles. The van der Waals surface area contributed by atoms with E-state index in [2.05, 4.69) is 25.8 Å². The fourth-order valence-corrected chi connectivity index (χ4v) is 2.42. The predicted octanol–water partition coefficient (Wildman–Crippen LogP) is 4.11. The lowest BCUT2D eigenvalue weighted by molar-refractivity contribution is 0.0602. The van der Waals surface area contributed by atoms with E-state index in [9.17, 15) is 4.79 Å². The van der Waals surface area contributed by atoms with E-state index in [4.69, 9.17) is 16.3 Å². The van der Waals surface area contributed by atoms with Gasteiger partial charge in [0, 0.05) is 10.7 Å². The van der Waals surface area contributed by atoms with E-state index in [-0.39, 0.29) is 5.95 Å². The van der Waals surface area contributed by atoms with Crippen LogP contribution in [0.15, 0.2) is 48.7 Å². The Bertz CT molecular complexity index is 948. The Morgan fingerprint density at radius 1 is 1.15 bits per heavy atom. The zero-order chi connectivity index (χ0) is 18.5. The minimum Gasteiger partial charge on any atom is -0.465 e. The molecule has 1 heterocycles. The Kier molecular flexibility index (Phi) is 5.28. The van der Waals surface area contributed by atoms with E-state index in [0.717, 1.165) is 11.3 Å². The van der Waals surface area contributed by atoms with Crippen molar-refractivity contribution in [2.24, 2.45) is 0 Å². The highest BCUT2D eigenvalue weighted by Crippen LogP contribution is 2.23. The smallest absolute Gasteiger partial charge is 0.339 e. The summed E-state index contributed by atoms with van der Waals surface area (Å²) in [6, 6.07) is 12.5. The van der Waals surface area contributed by atoms with E-state index in [1.165, 1.54) is 13.3 Å². The number of aromatic nitrogens is 3. The first-order valence-corrected chi connectivity index (χ1v) is 8.12. The summed E-state index contributed by atoms with van der Waals surface area (Å²) >= 11 is 6.13. The van der Waals surface area contributed by atoms with Crippen LogP contribution in [0.5, 0.6) is 0 Å². The summed E-state index contributed by atoms with van der Waals surface area (Å²) in [5.74, 6) is 0.271. The van der Waals surface area contributed by atoms with Crippen LogP contribution < -0.4 is 10.6 Å². The molecule has 1 aromatic heterocycles. The Morgan fingerprint density at radius 2 is 1.96 bits per heavy atom. The van der Waals surface area contributed by atoms with E-state index in [0.29, 0.717) is 22.1 Å². The Labute approximate surface area is 155 Å². The molecule has 0 bridgehead atoms. The van der Waals surface area contributed by atoms with Crippen LogP contribution >= 0.6 is 11.6 Å². The molecule has 0 atom stereocenters. The highest BCUT2D eigenvalue weighted by molar-refractivity contribution is 6.31. The van der Waals surface area contributed by atoms with Gasteiger partial charge in [-0.2, -0.15) is 10.1 Å². The Morgan fingerprint density at radius 3 is 2.73 bits per heavy atom. The number of para-hydroxylation sites is 1. The van der Waals surface area contributed by atoms with Crippen LogP contribution in [0, 0.1) is 6.92 Å². The molecule has 0 unspecified atom stereocenters. The summed E-state index contributed by atoms with van der Waals surface area (Å²) in [6.07, 6.45) is 1.49. The quantitative estimate of drug-likeness (QED) is 0.654. The summed E-state index contributed by atoms with van der Waals surface area (Å²) in [4.78, 5) is 16.2. The van der Waals surface area contributed by atoms with Gasteiger partial charge in [-0.3, -0.25) is 0 Å². The van der Waals surface area contributed by atoms with Gasteiger partial charge in [-0.05, 0) is 36.8 Å². The number of aryl methyl sites for hydroxylation is 1. The first-order chi connectivity index (χ1) is 12.6. The van der Waals surface area contributed by atoms with Crippen molar-refractivity contribution in [3.05, 3.63) is 64.8 Å². The van der Waals surface area contributed by atoms with Gasteiger partial charge >= 0.3 is 5.97 Å². The third kappa shape index (κ3) is 4.07. The molecule has 3 aromatic rings. The SMILES string of the molecule is COC(=O)c1ccccc1Nc1nncc(Nc2ccc(C)c(Cl)c2)n1. The van der Waals surface area contributed by atoms with Crippen molar-refractivity contribution < 1.29 is 9.53 Å². The summed E-state index contributed by atoms with van der Waals surface area (Å²) in [5.41, 5.74) is 2.67. The number of carbonyl (C=O) groups is 1. The first kappa shape index (κ1) is 17.6. The van der Waals surface area contributed by atoms with Crippen LogP contribution in [0.25, 0.3) is 0 Å². The molecule has 0 saturated carbocycles. The van der Waals surface area contributed by atoms with Crippen LogP contribution in [0.2, 0.25) is 5.02 Å². The molecule has 0 aliphatic rings. The van der Waals surface area contributed by atoms with E-state index in [1.54, 1.807) is 30.3 Å². The number of nitrogens with one attached hydrogen (secondary N) is 2. The molecule has 2 aromatic carbocycles. The molecular weight excluding hydrogens is 354 g/mol. The predicted molar refractivity (Wildman–Crippen MR) is 100 cm³/mol.